The molecule has 0 unspecified atom stereocenters. The molecule has 3 rings (SSSR count). The van der Waals surface area contributed by atoms with Gasteiger partial charge in [0.25, 0.3) is 0 Å². The van der Waals surface area contributed by atoms with Gasteiger partial charge < -0.3 is 10.6 Å². The largest absolute Gasteiger partial charge is 0.351 e. The lowest BCUT2D eigenvalue weighted by Gasteiger charge is -2.23. The summed E-state index contributed by atoms with van der Waals surface area (Å²) in [5.41, 5.74) is 2.24. The molecule has 1 fully saturated rings. The molecule has 0 saturated heterocycles. The number of rotatable bonds is 2. The third kappa shape index (κ3) is 3.18. The normalized spacial score (nSPS) is 20.7. The van der Waals surface area contributed by atoms with Crippen LogP contribution in [0.1, 0.15) is 43.4 Å². The monoisotopic (exact) mass is 280 g/mol. The molecule has 1 aromatic rings. The van der Waals surface area contributed by atoms with Crippen LogP contribution in [-0.2, 0) is 12.8 Å². The molecule has 1 aliphatic carbocycles. The van der Waals surface area contributed by atoms with Crippen molar-refractivity contribution in [1.29, 1.82) is 0 Å². The molecular formula is C14H21ClN4. The highest BCUT2D eigenvalue weighted by atomic mass is 35.5. The lowest BCUT2D eigenvalue weighted by atomic mass is 9.96. The first-order valence-electron chi connectivity index (χ1n) is 7.35. The summed E-state index contributed by atoms with van der Waals surface area (Å²) in [4.78, 5) is 9.12. The first kappa shape index (κ1) is 13.1. The molecule has 0 aromatic carbocycles. The second-order valence-electron chi connectivity index (χ2n) is 5.49. The first-order valence-corrected chi connectivity index (χ1v) is 7.73. The first-order chi connectivity index (χ1) is 9.33. The summed E-state index contributed by atoms with van der Waals surface area (Å²) in [6, 6.07) is 0.520. The van der Waals surface area contributed by atoms with E-state index in [-0.39, 0.29) is 0 Å². The average molecular weight is 281 g/mol. The van der Waals surface area contributed by atoms with Gasteiger partial charge in [-0.15, -0.1) is 0 Å². The quantitative estimate of drug-likeness (QED) is 0.818. The molecule has 19 heavy (non-hydrogen) atoms. The average Bonchev–Trinajstić information content (AvgIpc) is 2.65. The highest BCUT2D eigenvalue weighted by Gasteiger charge is 2.18. The molecule has 1 aliphatic heterocycles. The molecule has 2 aliphatic rings. The third-order valence-corrected chi connectivity index (χ3v) is 4.38. The van der Waals surface area contributed by atoms with E-state index in [4.69, 9.17) is 11.6 Å². The van der Waals surface area contributed by atoms with E-state index >= 15 is 0 Å². The van der Waals surface area contributed by atoms with Gasteiger partial charge in [0.2, 0.25) is 5.95 Å². The number of aromatic nitrogens is 2. The van der Waals surface area contributed by atoms with Crippen molar-refractivity contribution in [3.63, 3.8) is 0 Å². The zero-order valence-corrected chi connectivity index (χ0v) is 12.0. The van der Waals surface area contributed by atoms with Crippen LogP contribution in [-0.4, -0.2) is 29.1 Å². The van der Waals surface area contributed by atoms with Crippen molar-refractivity contribution >= 4 is 17.5 Å². The zero-order valence-electron chi connectivity index (χ0n) is 11.2. The maximum atomic E-state index is 6.32. The van der Waals surface area contributed by atoms with E-state index in [9.17, 15) is 0 Å². The van der Waals surface area contributed by atoms with Gasteiger partial charge in [0.05, 0.1) is 5.69 Å². The number of nitrogens with zero attached hydrogens (tertiary/aromatic N) is 2. The molecule has 0 radical (unpaired) electrons. The number of halogens is 1. The molecule has 2 heterocycles. The summed E-state index contributed by atoms with van der Waals surface area (Å²) < 4.78 is 0. The van der Waals surface area contributed by atoms with Gasteiger partial charge in [0.1, 0.15) is 5.15 Å². The fourth-order valence-corrected chi connectivity index (χ4v) is 3.28. The number of hydrogen-bond donors (Lipinski definition) is 2. The van der Waals surface area contributed by atoms with Crippen molar-refractivity contribution in [3.05, 3.63) is 16.4 Å². The van der Waals surface area contributed by atoms with Gasteiger partial charge in [-0.05, 0) is 25.8 Å². The maximum absolute atomic E-state index is 6.32. The third-order valence-electron chi connectivity index (χ3n) is 4.07. The molecule has 1 saturated carbocycles. The standard InChI is InChI=1S/C14H21ClN4/c15-13-11-6-8-16-9-7-12(11)18-14(19-13)17-10-4-2-1-3-5-10/h10,16H,1-9H2,(H,17,18,19). The van der Waals surface area contributed by atoms with Crippen molar-refractivity contribution in [3.8, 4) is 0 Å². The van der Waals surface area contributed by atoms with Crippen LogP contribution in [0.3, 0.4) is 0 Å². The van der Waals surface area contributed by atoms with Crippen LogP contribution in [0.4, 0.5) is 5.95 Å². The van der Waals surface area contributed by atoms with E-state index in [1.807, 2.05) is 0 Å². The highest BCUT2D eigenvalue weighted by Crippen LogP contribution is 2.24. The molecule has 2 N–H and O–H groups in total. The summed E-state index contributed by atoms with van der Waals surface area (Å²) in [7, 11) is 0. The maximum Gasteiger partial charge on any atom is 0.224 e. The van der Waals surface area contributed by atoms with Crippen LogP contribution < -0.4 is 10.6 Å². The Balaban J connectivity index is 1.78. The molecule has 5 heteroatoms. The minimum absolute atomic E-state index is 0.520. The Morgan fingerprint density at radius 2 is 1.84 bits per heavy atom. The van der Waals surface area contributed by atoms with Crippen LogP contribution in [0.2, 0.25) is 5.15 Å². The number of nitrogens with one attached hydrogen (secondary N) is 2. The minimum Gasteiger partial charge on any atom is -0.351 e. The van der Waals surface area contributed by atoms with Gasteiger partial charge in [-0.1, -0.05) is 30.9 Å². The second-order valence-corrected chi connectivity index (χ2v) is 5.85. The Bertz CT molecular complexity index is 443. The van der Waals surface area contributed by atoms with Crippen LogP contribution in [0.5, 0.6) is 0 Å². The number of hydrogen-bond acceptors (Lipinski definition) is 4. The molecule has 4 nitrogen and oxygen atoms in total. The molecular weight excluding hydrogens is 260 g/mol. The minimum atomic E-state index is 0.520. The summed E-state index contributed by atoms with van der Waals surface area (Å²) >= 11 is 6.32. The Kier molecular flexibility index (Phi) is 4.18. The van der Waals surface area contributed by atoms with Gasteiger partial charge in [-0.25, -0.2) is 9.97 Å². The van der Waals surface area contributed by atoms with Crippen LogP contribution >= 0.6 is 11.6 Å². The molecule has 0 amide bonds. The van der Waals surface area contributed by atoms with E-state index in [1.165, 1.54) is 32.1 Å². The summed E-state index contributed by atoms with van der Waals surface area (Å²) in [6.45, 7) is 1.94. The van der Waals surface area contributed by atoms with Gasteiger partial charge >= 0.3 is 0 Å². The van der Waals surface area contributed by atoms with Crippen LogP contribution in [0, 0.1) is 0 Å². The van der Waals surface area contributed by atoms with Crippen molar-refractivity contribution < 1.29 is 0 Å². The fraction of sp³-hybridized carbons (Fsp3) is 0.714. The van der Waals surface area contributed by atoms with E-state index in [1.54, 1.807) is 0 Å². The van der Waals surface area contributed by atoms with Crippen LogP contribution in [0.25, 0.3) is 0 Å². The van der Waals surface area contributed by atoms with Crippen molar-refractivity contribution in [2.24, 2.45) is 0 Å². The van der Waals surface area contributed by atoms with E-state index in [2.05, 4.69) is 20.6 Å². The highest BCUT2D eigenvalue weighted by molar-refractivity contribution is 6.30. The molecule has 0 spiro atoms. The van der Waals surface area contributed by atoms with E-state index in [0.717, 1.165) is 43.1 Å². The molecule has 0 bridgehead atoms. The van der Waals surface area contributed by atoms with Crippen molar-refractivity contribution in [2.45, 2.75) is 51.0 Å². The Labute approximate surface area is 119 Å². The second kappa shape index (κ2) is 6.06. The van der Waals surface area contributed by atoms with Gasteiger partial charge in [0, 0.05) is 24.6 Å². The van der Waals surface area contributed by atoms with E-state index in [0.29, 0.717) is 11.2 Å². The smallest absolute Gasteiger partial charge is 0.224 e. The zero-order chi connectivity index (χ0) is 13.1. The topological polar surface area (TPSA) is 49.8 Å². The van der Waals surface area contributed by atoms with Gasteiger partial charge in [-0.2, -0.15) is 0 Å². The Morgan fingerprint density at radius 1 is 1.05 bits per heavy atom. The predicted octanol–water partition coefficient (Wildman–Crippen LogP) is 2.56. The SMILES string of the molecule is Clc1nc(NC2CCCCC2)nc2c1CCNCC2. The van der Waals surface area contributed by atoms with Crippen molar-refractivity contribution in [1.82, 2.24) is 15.3 Å². The molecule has 1 aromatic heterocycles. The van der Waals surface area contributed by atoms with Crippen molar-refractivity contribution in [2.75, 3.05) is 18.4 Å². The lowest BCUT2D eigenvalue weighted by molar-refractivity contribution is 0.460. The van der Waals surface area contributed by atoms with Gasteiger partial charge in [-0.3, -0.25) is 0 Å². The summed E-state index contributed by atoms with van der Waals surface area (Å²) in [5.74, 6) is 0.720. The number of anilines is 1. The molecule has 104 valence electrons. The number of fused-ring (bicyclic) bond motifs is 1. The predicted molar refractivity (Wildman–Crippen MR) is 77.8 cm³/mol. The Hall–Kier alpha value is -0.870. The van der Waals surface area contributed by atoms with E-state index < -0.39 is 0 Å². The summed E-state index contributed by atoms with van der Waals surface area (Å²) in [6.07, 6.45) is 8.28. The fourth-order valence-electron chi connectivity index (χ4n) is 2.99. The lowest BCUT2D eigenvalue weighted by Crippen LogP contribution is -2.24. The summed E-state index contributed by atoms with van der Waals surface area (Å²) in [5, 5.41) is 7.47. The van der Waals surface area contributed by atoms with Crippen LogP contribution in [0.15, 0.2) is 0 Å². The molecule has 0 atom stereocenters. The Morgan fingerprint density at radius 3 is 2.68 bits per heavy atom. The van der Waals surface area contributed by atoms with Gasteiger partial charge in [0.15, 0.2) is 0 Å².